The third kappa shape index (κ3) is 0.828. The van der Waals surface area contributed by atoms with Crippen LogP contribution in [0.15, 0.2) is 24.8 Å². The Labute approximate surface area is 62.6 Å². The molecule has 0 radical (unpaired) electrons. The number of fused-ring (bicyclic) bond motifs is 2. The zero-order valence-electron chi connectivity index (χ0n) is 6.29. The van der Waals surface area contributed by atoms with Crippen molar-refractivity contribution in [1.29, 1.82) is 0 Å². The summed E-state index contributed by atoms with van der Waals surface area (Å²) in [5, 5.41) is 0. The Hall–Kier alpha value is -0.520. The highest BCUT2D eigenvalue weighted by Crippen LogP contribution is 2.40. The summed E-state index contributed by atoms with van der Waals surface area (Å²) in [6.07, 6.45) is 11.1. The van der Waals surface area contributed by atoms with Crippen LogP contribution in [0.5, 0.6) is 0 Å². The van der Waals surface area contributed by atoms with Gasteiger partial charge in [0.15, 0.2) is 0 Å². The van der Waals surface area contributed by atoms with Crippen molar-refractivity contribution in [1.82, 2.24) is 0 Å². The molecule has 0 nitrogen and oxygen atoms in total. The van der Waals surface area contributed by atoms with Crippen LogP contribution >= 0.6 is 0 Å². The number of hydrogen-bond donors (Lipinski definition) is 0. The van der Waals surface area contributed by atoms with Gasteiger partial charge in [0.2, 0.25) is 0 Å². The number of allylic oxidation sites excluding steroid dienone is 3. The van der Waals surface area contributed by atoms with Crippen LogP contribution in [0.25, 0.3) is 0 Å². The second-order valence-corrected chi connectivity index (χ2v) is 3.52. The van der Waals surface area contributed by atoms with E-state index in [1.165, 1.54) is 19.3 Å². The van der Waals surface area contributed by atoms with Gasteiger partial charge in [-0.1, -0.05) is 18.2 Å². The van der Waals surface area contributed by atoms with E-state index in [9.17, 15) is 0 Å². The topological polar surface area (TPSA) is 0 Å². The van der Waals surface area contributed by atoms with Crippen LogP contribution in [0.3, 0.4) is 0 Å². The molecular formula is C10H14. The predicted molar refractivity (Wildman–Crippen MR) is 43.7 cm³/mol. The minimum absolute atomic E-state index is 0.795. The minimum atomic E-state index is 0.795. The molecule has 0 amide bonds. The summed E-state index contributed by atoms with van der Waals surface area (Å²) in [5.74, 6) is 2.51. The summed E-state index contributed by atoms with van der Waals surface area (Å²) in [6, 6.07) is 0. The van der Waals surface area contributed by atoms with Crippen LogP contribution in [-0.2, 0) is 0 Å². The smallest absolute Gasteiger partial charge is 0.0168 e. The quantitative estimate of drug-likeness (QED) is 0.484. The Balaban J connectivity index is 2.18. The molecule has 0 aromatic heterocycles. The second-order valence-electron chi connectivity index (χ2n) is 3.52. The Morgan fingerprint density at radius 2 is 2.20 bits per heavy atom. The highest BCUT2D eigenvalue weighted by atomic mass is 14.3. The third-order valence-electron chi connectivity index (χ3n) is 2.93. The summed E-state index contributed by atoms with van der Waals surface area (Å²) in [6.45, 7) is 3.87. The van der Waals surface area contributed by atoms with E-state index < -0.39 is 0 Å². The largest absolute Gasteiger partial charge is 0.103 e. The van der Waals surface area contributed by atoms with Crippen molar-refractivity contribution in [2.45, 2.75) is 19.3 Å². The average molecular weight is 134 g/mol. The van der Waals surface area contributed by atoms with Gasteiger partial charge in [0.25, 0.3) is 0 Å². The normalized spacial score (nSPS) is 43.8. The van der Waals surface area contributed by atoms with E-state index in [4.69, 9.17) is 0 Å². The molecule has 0 heterocycles. The molecule has 0 aromatic carbocycles. The standard InChI is InChI=1S/C10H14/c1-2-9-7-8-3-5-10(9)6-4-8/h2-3,5,8-10H,1,4,6-7H2/t8-,9-,10-/m0/s1. The lowest BCUT2D eigenvalue weighted by atomic mass is 9.69. The highest BCUT2D eigenvalue weighted by Gasteiger charge is 2.29. The maximum absolute atomic E-state index is 3.87. The molecule has 3 aliphatic rings. The fraction of sp³-hybridized carbons (Fsp3) is 0.600. The van der Waals surface area contributed by atoms with E-state index in [1.54, 1.807) is 0 Å². The summed E-state index contributed by atoms with van der Waals surface area (Å²) in [4.78, 5) is 0. The molecule has 3 aliphatic carbocycles. The molecule has 0 heteroatoms. The fourth-order valence-corrected chi connectivity index (χ4v) is 2.25. The second kappa shape index (κ2) is 2.26. The van der Waals surface area contributed by atoms with Crippen molar-refractivity contribution >= 4 is 0 Å². The van der Waals surface area contributed by atoms with Gasteiger partial charge in [-0.05, 0) is 37.0 Å². The van der Waals surface area contributed by atoms with Gasteiger partial charge in [0, 0.05) is 0 Å². The van der Waals surface area contributed by atoms with Crippen molar-refractivity contribution in [3.63, 3.8) is 0 Å². The van der Waals surface area contributed by atoms with Gasteiger partial charge in [-0.2, -0.15) is 0 Å². The van der Waals surface area contributed by atoms with Crippen LogP contribution in [0, 0.1) is 17.8 Å². The van der Waals surface area contributed by atoms with Crippen LogP contribution in [-0.4, -0.2) is 0 Å². The van der Waals surface area contributed by atoms with Gasteiger partial charge in [-0.15, -0.1) is 6.58 Å². The summed E-state index contributed by atoms with van der Waals surface area (Å²) >= 11 is 0. The van der Waals surface area contributed by atoms with Gasteiger partial charge < -0.3 is 0 Å². The fourth-order valence-electron chi connectivity index (χ4n) is 2.25. The summed E-state index contributed by atoms with van der Waals surface area (Å²) < 4.78 is 0. The molecule has 0 unspecified atom stereocenters. The molecule has 3 atom stereocenters. The summed E-state index contributed by atoms with van der Waals surface area (Å²) in [5.41, 5.74) is 0. The minimum Gasteiger partial charge on any atom is -0.103 e. The predicted octanol–water partition coefficient (Wildman–Crippen LogP) is 2.77. The summed E-state index contributed by atoms with van der Waals surface area (Å²) in [7, 11) is 0. The molecule has 0 spiro atoms. The molecule has 1 fully saturated rings. The molecule has 10 heavy (non-hydrogen) atoms. The lowest BCUT2D eigenvalue weighted by Crippen LogP contribution is -2.25. The monoisotopic (exact) mass is 134 g/mol. The number of rotatable bonds is 1. The van der Waals surface area contributed by atoms with Gasteiger partial charge in [-0.25, -0.2) is 0 Å². The SMILES string of the molecule is C=C[C@H]1C[C@H]2C=C[C@H]1CC2. The van der Waals surface area contributed by atoms with Crippen molar-refractivity contribution in [3.05, 3.63) is 24.8 Å². The first kappa shape index (κ1) is 6.21. The van der Waals surface area contributed by atoms with Crippen molar-refractivity contribution in [3.8, 4) is 0 Å². The third-order valence-corrected chi connectivity index (χ3v) is 2.93. The highest BCUT2D eigenvalue weighted by molar-refractivity contribution is 5.09. The van der Waals surface area contributed by atoms with Crippen molar-refractivity contribution in [2.75, 3.05) is 0 Å². The molecule has 0 aromatic rings. The van der Waals surface area contributed by atoms with Crippen molar-refractivity contribution in [2.24, 2.45) is 17.8 Å². The van der Waals surface area contributed by atoms with E-state index in [0.717, 1.165) is 17.8 Å². The van der Waals surface area contributed by atoms with Gasteiger partial charge in [0.1, 0.15) is 0 Å². The Morgan fingerprint density at radius 3 is 2.50 bits per heavy atom. The van der Waals surface area contributed by atoms with E-state index in [-0.39, 0.29) is 0 Å². The van der Waals surface area contributed by atoms with E-state index >= 15 is 0 Å². The maximum Gasteiger partial charge on any atom is -0.0168 e. The first-order valence-corrected chi connectivity index (χ1v) is 4.21. The molecule has 0 N–H and O–H groups in total. The van der Waals surface area contributed by atoms with Gasteiger partial charge in [-0.3, -0.25) is 0 Å². The van der Waals surface area contributed by atoms with Crippen LogP contribution in [0.4, 0.5) is 0 Å². The molecular weight excluding hydrogens is 120 g/mol. The first-order valence-electron chi connectivity index (χ1n) is 4.21. The molecule has 0 saturated heterocycles. The van der Waals surface area contributed by atoms with E-state index in [2.05, 4.69) is 24.8 Å². The number of hydrogen-bond acceptors (Lipinski definition) is 0. The van der Waals surface area contributed by atoms with Crippen molar-refractivity contribution < 1.29 is 0 Å². The zero-order valence-corrected chi connectivity index (χ0v) is 6.29. The molecule has 0 aliphatic heterocycles. The lowest BCUT2D eigenvalue weighted by molar-refractivity contribution is 0.263. The lowest BCUT2D eigenvalue weighted by Gasteiger charge is -2.36. The van der Waals surface area contributed by atoms with Crippen LogP contribution in [0.2, 0.25) is 0 Å². The first-order chi connectivity index (χ1) is 4.90. The Bertz CT molecular complexity index is 167. The average Bonchev–Trinajstić information content (AvgIpc) is 2.06. The zero-order chi connectivity index (χ0) is 6.97. The van der Waals surface area contributed by atoms with Gasteiger partial charge in [0.05, 0.1) is 0 Å². The van der Waals surface area contributed by atoms with Crippen LogP contribution in [0.1, 0.15) is 19.3 Å². The molecule has 1 saturated carbocycles. The molecule has 2 bridgehead atoms. The molecule has 54 valence electrons. The maximum atomic E-state index is 3.87. The Kier molecular flexibility index (Phi) is 1.40. The Morgan fingerprint density at radius 1 is 1.30 bits per heavy atom. The van der Waals surface area contributed by atoms with Crippen LogP contribution < -0.4 is 0 Å². The van der Waals surface area contributed by atoms with E-state index in [0.29, 0.717) is 0 Å². The van der Waals surface area contributed by atoms with E-state index in [1.807, 2.05) is 0 Å². The van der Waals surface area contributed by atoms with Gasteiger partial charge >= 0.3 is 0 Å². The molecule has 3 rings (SSSR count).